The second-order valence-corrected chi connectivity index (χ2v) is 15.1. The Bertz CT molecular complexity index is 2070. The fourth-order valence-electron chi connectivity index (χ4n) is 8.20. The lowest BCUT2D eigenvalue weighted by molar-refractivity contribution is -0.139. The van der Waals surface area contributed by atoms with Crippen LogP contribution < -0.4 is 10.6 Å². The van der Waals surface area contributed by atoms with Crippen molar-refractivity contribution in [3.8, 4) is 22.4 Å². The van der Waals surface area contributed by atoms with Crippen molar-refractivity contribution in [3.63, 3.8) is 0 Å². The number of alkyl carbamates (subject to hydrolysis) is 2. The van der Waals surface area contributed by atoms with Crippen LogP contribution in [0, 0.1) is 17.8 Å². The van der Waals surface area contributed by atoms with Gasteiger partial charge in [0.1, 0.15) is 29.8 Å². The quantitative estimate of drug-likeness (QED) is 0.146. The van der Waals surface area contributed by atoms with Gasteiger partial charge in [-0.3, -0.25) is 9.59 Å². The highest BCUT2D eigenvalue weighted by atomic mass is 16.5. The summed E-state index contributed by atoms with van der Waals surface area (Å²) in [5.41, 5.74) is 5.49. The summed E-state index contributed by atoms with van der Waals surface area (Å²) < 4.78 is 9.56. The van der Waals surface area contributed by atoms with Gasteiger partial charge >= 0.3 is 12.2 Å². The molecule has 2 bridgehead atoms. The zero-order chi connectivity index (χ0) is 38.3. The van der Waals surface area contributed by atoms with Gasteiger partial charge in [-0.1, -0.05) is 70.2 Å². The van der Waals surface area contributed by atoms with Gasteiger partial charge in [0.15, 0.2) is 0 Å². The molecule has 2 aliphatic heterocycles. The Morgan fingerprint density at radius 1 is 0.815 bits per heavy atom. The summed E-state index contributed by atoms with van der Waals surface area (Å²) in [7, 11) is 2.58. The predicted molar refractivity (Wildman–Crippen MR) is 202 cm³/mol. The molecule has 4 heterocycles. The van der Waals surface area contributed by atoms with Crippen molar-refractivity contribution in [1.82, 2.24) is 40.4 Å². The number of likely N-dealkylation sites (tertiary alicyclic amines) is 1. The number of aromatic amines is 2. The number of nitrogens with zero attached hydrogens (tertiary/aromatic N) is 4. The zero-order valence-electron chi connectivity index (χ0n) is 31.5. The van der Waals surface area contributed by atoms with Crippen LogP contribution in [0.4, 0.5) is 9.59 Å². The van der Waals surface area contributed by atoms with Gasteiger partial charge in [-0.05, 0) is 65.8 Å². The van der Waals surface area contributed by atoms with E-state index >= 15 is 0 Å². The number of hydrogen-bond donors (Lipinski definition) is 4. The number of H-pyrrole nitrogens is 2. The van der Waals surface area contributed by atoms with Gasteiger partial charge in [0.25, 0.3) is 0 Å². The van der Waals surface area contributed by atoms with Crippen LogP contribution in [0.5, 0.6) is 0 Å². The number of hydrogen-bond acceptors (Lipinski definition) is 8. The van der Waals surface area contributed by atoms with E-state index in [1.54, 1.807) is 11.1 Å². The fraction of sp³-hybridized carbons (Fsp3) is 0.450. The number of piperidine rings is 1. The van der Waals surface area contributed by atoms with Gasteiger partial charge in [-0.15, -0.1) is 0 Å². The van der Waals surface area contributed by atoms with Crippen molar-refractivity contribution >= 4 is 35.0 Å². The Morgan fingerprint density at radius 2 is 1.46 bits per heavy atom. The van der Waals surface area contributed by atoms with Gasteiger partial charge < -0.3 is 39.9 Å². The molecule has 54 heavy (non-hydrogen) atoms. The van der Waals surface area contributed by atoms with Crippen LogP contribution in [0.3, 0.4) is 0 Å². The van der Waals surface area contributed by atoms with Crippen molar-refractivity contribution in [2.75, 3.05) is 20.8 Å². The Kier molecular flexibility index (Phi) is 10.2. The van der Waals surface area contributed by atoms with Gasteiger partial charge in [-0.2, -0.15) is 0 Å². The maximum atomic E-state index is 14.0. The molecule has 0 radical (unpaired) electrons. The van der Waals surface area contributed by atoms with Crippen LogP contribution >= 0.6 is 0 Å². The topological polar surface area (TPSA) is 175 Å². The molecule has 6 atom stereocenters. The normalized spacial score (nSPS) is 21.6. The average Bonchev–Trinajstić information content (AvgIpc) is 4.02. The SMILES string of the molecule is COC(=O)NC(C(=O)N1C2CCC(C2)[C@H]1c1nc2cc(-c3ccc(-c4cnc([C@@H]5C=CCN5C(=O)[C@@H](NC(=O)OC)C(C)C)[nH]4)cc3)ccc2[nH]1)C(C)C. The number of fused-ring (bicyclic) bond motifs is 3. The van der Waals surface area contributed by atoms with E-state index in [4.69, 9.17) is 14.5 Å². The number of methoxy groups -OCH3 is 2. The lowest BCUT2D eigenvalue weighted by atomic mass is 9.95. The summed E-state index contributed by atoms with van der Waals surface area (Å²) in [4.78, 5) is 71.8. The van der Waals surface area contributed by atoms with E-state index in [9.17, 15) is 19.2 Å². The molecule has 2 aromatic carbocycles. The van der Waals surface area contributed by atoms with E-state index < -0.39 is 30.3 Å². The smallest absolute Gasteiger partial charge is 0.407 e. The van der Waals surface area contributed by atoms with Gasteiger partial charge in [0.05, 0.1) is 43.2 Å². The largest absolute Gasteiger partial charge is 0.453 e. The summed E-state index contributed by atoms with van der Waals surface area (Å²) in [5.74, 6) is 1.15. The Labute approximate surface area is 314 Å². The van der Waals surface area contributed by atoms with Crippen LogP contribution in [-0.2, 0) is 19.1 Å². The van der Waals surface area contributed by atoms with Crippen molar-refractivity contribution in [2.45, 2.75) is 77.2 Å². The summed E-state index contributed by atoms with van der Waals surface area (Å²) in [6, 6.07) is 12.4. The monoisotopic (exact) mass is 736 g/mol. The molecular weight excluding hydrogens is 688 g/mol. The Balaban J connectivity index is 1.07. The van der Waals surface area contributed by atoms with E-state index in [1.807, 2.05) is 62.9 Å². The third-order valence-electron chi connectivity index (χ3n) is 11.0. The molecule has 7 rings (SSSR count). The number of aromatic nitrogens is 4. The molecule has 1 aliphatic carbocycles. The molecule has 14 heteroatoms. The molecule has 14 nitrogen and oxygen atoms in total. The lowest BCUT2D eigenvalue weighted by Crippen LogP contribution is -2.54. The van der Waals surface area contributed by atoms with E-state index in [1.165, 1.54) is 14.2 Å². The molecule has 2 fully saturated rings. The second kappa shape index (κ2) is 15.0. The molecule has 4 amide bonds. The molecule has 3 aliphatic rings. The Hall–Kier alpha value is -5.66. The molecule has 4 N–H and O–H groups in total. The summed E-state index contributed by atoms with van der Waals surface area (Å²) >= 11 is 0. The Morgan fingerprint density at radius 3 is 2.13 bits per heavy atom. The van der Waals surface area contributed by atoms with E-state index in [0.717, 1.165) is 58.5 Å². The first-order valence-electron chi connectivity index (χ1n) is 18.6. The summed E-state index contributed by atoms with van der Waals surface area (Å²) in [6.07, 6.45) is 7.27. The van der Waals surface area contributed by atoms with E-state index in [-0.39, 0.29) is 35.7 Å². The van der Waals surface area contributed by atoms with E-state index in [0.29, 0.717) is 18.3 Å². The van der Waals surface area contributed by atoms with Crippen LogP contribution in [0.1, 0.15) is 70.7 Å². The highest BCUT2D eigenvalue weighted by molar-refractivity contribution is 5.88. The van der Waals surface area contributed by atoms with Gasteiger partial charge in [0, 0.05) is 12.6 Å². The molecule has 1 saturated carbocycles. The number of carbonyl (C=O) groups is 4. The van der Waals surface area contributed by atoms with Crippen molar-refractivity contribution in [3.05, 3.63) is 72.5 Å². The van der Waals surface area contributed by atoms with E-state index in [2.05, 4.69) is 49.9 Å². The molecule has 3 unspecified atom stereocenters. The minimum Gasteiger partial charge on any atom is -0.453 e. The number of amides is 4. The molecule has 4 aromatic rings. The average molecular weight is 737 g/mol. The van der Waals surface area contributed by atoms with Crippen LogP contribution in [-0.4, -0.2) is 92.6 Å². The van der Waals surface area contributed by atoms with Crippen LogP contribution in [0.25, 0.3) is 33.4 Å². The lowest BCUT2D eigenvalue weighted by Gasteiger charge is -2.37. The first kappa shape index (κ1) is 36.7. The van der Waals surface area contributed by atoms with Crippen LogP contribution in [0.2, 0.25) is 0 Å². The fourth-order valence-corrected chi connectivity index (χ4v) is 8.20. The van der Waals surface area contributed by atoms with Gasteiger partial charge in [0.2, 0.25) is 11.8 Å². The summed E-state index contributed by atoms with van der Waals surface area (Å²) in [6.45, 7) is 8.01. The first-order chi connectivity index (χ1) is 26.0. The van der Waals surface area contributed by atoms with Crippen LogP contribution in [0.15, 0.2) is 60.8 Å². The minimum atomic E-state index is -0.731. The summed E-state index contributed by atoms with van der Waals surface area (Å²) in [5, 5.41) is 5.42. The molecule has 0 spiro atoms. The van der Waals surface area contributed by atoms with Crippen molar-refractivity contribution in [2.24, 2.45) is 17.8 Å². The number of carbonyl (C=O) groups excluding carboxylic acids is 4. The predicted octanol–water partition coefficient (Wildman–Crippen LogP) is 5.87. The maximum Gasteiger partial charge on any atom is 0.407 e. The molecule has 284 valence electrons. The van der Waals surface area contributed by atoms with Gasteiger partial charge in [-0.25, -0.2) is 19.6 Å². The number of ether oxygens (including phenoxy) is 2. The first-order valence-corrected chi connectivity index (χ1v) is 18.6. The van der Waals surface area contributed by atoms with Crippen molar-refractivity contribution in [1.29, 1.82) is 0 Å². The standard InChI is InChI=1S/C40H48N8O6/c1-21(2)32(45-39(51)53-5)37(49)47-17-7-8-31(47)35-41-20-30(44-35)24-11-9-23(10-12-24)25-14-16-28-29(19-25)43-36(42-28)34-26-13-15-27(18-26)48(34)38(50)33(22(3)4)46-40(52)54-6/h7-12,14,16,19-22,26-27,31-34H,13,15,17-18H2,1-6H3,(H,41,44)(H,42,43)(H,45,51)(H,46,52)/t26?,27?,31-,32-,33?,34-/m0/s1. The highest BCUT2D eigenvalue weighted by Crippen LogP contribution is 2.50. The zero-order valence-corrected chi connectivity index (χ0v) is 31.5. The minimum absolute atomic E-state index is 0.101. The third-order valence-corrected chi connectivity index (χ3v) is 11.0. The molecule has 1 saturated heterocycles. The number of benzene rings is 2. The third kappa shape index (κ3) is 6.92. The number of imidazole rings is 2. The number of rotatable bonds is 10. The second-order valence-electron chi connectivity index (χ2n) is 15.1. The maximum absolute atomic E-state index is 14.0. The number of nitrogens with one attached hydrogen (secondary N) is 4. The molecular formula is C40H48N8O6. The van der Waals surface area contributed by atoms with Crippen molar-refractivity contribution < 1.29 is 28.7 Å². The molecule has 2 aromatic heterocycles. The highest BCUT2D eigenvalue weighted by Gasteiger charge is 2.51.